The second kappa shape index (κ2) is 8.32. The van der Waals surface area contributed by atoms with Crippen molar-refractivity contribution in [3.05, 3.63) is 58.2 Å². The second-order valence-electron chi connectivity index (χ2n) is 7.59. The van der Waals surface area contributed by atoms with Gasteiger partial charge in [-0.25, -0.2) is 9.67 Å². The molecule has 7 nitrogen and oxygen atoms in total. The van der Waals surface area contributed by atoms with E-state index < -0.39 is 0 Å². The first kappa shape index (κ1) is 19.6. The van der Waals surface area contributed by atoms with Gasteiger partial charge in [0, 0.05) is 38.1 Å². The van der Waals surface area contributed by atoms with Crippen molar-refractivity contribution in [1.82, 2.24) is 24.2 Å². The first-order valence-electron chi connectivity index (χ1n) is 9.93. The minimum absolute atomic E-state index is 0.0951. The van der Waals surface area contributed by atoms with E-state index >= 15 is 0 Å². The number of piperidine rings is 1. The average Bonchev–Trinajstić information content (AvgIpc) is 3.40. The van der Waals surface area contributed by atoms with Crippen molar-refractivity contribution in [2.45, 2.75) is 39.3 Å². The lowest BCUT2D eigenvalue weighted by Gasteiger charge is -2.34. The third kappa shape index (κ3) is 4.17. The van der Waals surface area contributed by atoms with E-state index in [9.17, 15) is 9.59 Å². The van der Waals surface area contributed by atoms with Crippen LogP contribution < -0.4 is 5.56 Å². The van der Waals surface area contributed by atoms with E-state index in [0.717, 1.165) is 35.8 Å². The van der Waals surface area contributed by atoms with Crippen LogP contribution in [-0.2, 0) is 11.3 Å². The van der Waals surface area contributed by atoms with Gasteiger partial charge in [0.25, 0.3) is 5.56 Å². The van der Waals surface area contributed by atoms with E-state index in [4.69, 9.17) is 0 Å². The molecule has 4 heterocycles. The predicted octanol–water partition coefficient (Wildman–Crippen LogP) is 2.98. The zero-order valence-corrected chi connectivity index (χ0v) is 17.5. The molecule has 0 aliphatic carbocycles. The third-order valence-corrected chi connectivity index (χ3v) is 6.36. The molecule has 8 heteroatoms. The fraction of sp³-hybridized carbons (Fsp3) is 0.429. The number of likely N-dealkylation sites (tertiary alicyclic amines) is 1. The summed E-state index contributed by atoms with van der Waals surface area (Å²) in [5.74, 6) is 0.872. The van der Waals surface area contributed by atoms with Crippen molar-refractivity contribution in [2.75, 3.05) is 13.1 Å². The molecule has 0 saturated carbocycles. The lowest BCUT2D eigenvalue weighted by molar-refractivity contribution is -0.137. The lowest BCUT2D eigenvalue weighted by Crippen LogP contribution is -2.45. The smallest absolute Gasteiger partial charge is 0.267 e. The van der Waals surface area contributed by atoms with E-state index in [2.05, 4.69) is 10.1 Å². The summed E-state index contributed by atoms with van der Waals surface area (Å²) >= 11 is 1.60. The van der Waals surface area contributed by atoms with Crippen LogP contribution in [0.25, 0.3) is 10.6 Å². The zero-order chi connectivity index (χ0) is 20.4. The first-order chi connectivity index (χ1) is 14.0. The van der Waals surface area contributed by atoms with Gasteiger partial charge in [-0.15, -0.1) is 11.3 Å². The molecule has 0 radical (unpaired) electrons. The van der Waals surface area contributed by atoms with Gasteiger partial charge < -0.3 is 9.47 Å². The number of hydrogen-bond donors (Lipinski definition) is 0. The van der Waals surface area contributed by atoms with Crippen LogP contribution in [0, 0.1) is 12.8 Å². The summed E-state index contributed by atoms with van der Waals surface area (Å²) in [6.07, 6.45) is 5.37. The third-order valence-electron chi connectivity index (χ3n) is 5.47. The van der Waals surface area contributed by atoms with Gasteiger partial charge in [-0.3, -0.25) is 9.59 Å². The predicted molar refractivity (Wildman–Crippen MR) is 113 cm³/mol. The van der Waals surface area contributed by atoms with E-state index in [1.807, 2.05) is 47.0 Å². The molecule has 1 saturated heterocycles. The molecular formula is C21H25N5O2S. The quantitative estimate of drug-likeness (QED) is 0.647. The number of carbonyl (C=O) groups is 1. The van der Waals surface area contributed by atoms with Gasteiger partial charge in [0.05, 0.1) is 16.8 Å². The number of rotatable bonds is 5. The number of aromatic nitrogens is 4. The normalized spacial score (nSPS) is 18.0. The molecule has 2 atom stereocenters. The number of carbonyl (C=O) groups excluding carboxylic acids is 1. The molecule has 0 aromatic carbocycles. The SMILES string of the molecule is Cc1nccn1C[C@@H](C)C(=O)N1CCC[C@H](n2nc(-c3cccs3)ccc2=O)C1. The average molecular weight is 412 g/mol. The van der Waals surface area contributed by atoms with Gasteiger partial charge in [-0.2, -0.15) is 5.10 Å². The Morgan fingerprint density at radius 2 is 2.21 bits per heavy atom. The van der Waals surface area contributed by atoms with Crippen LogP contribution in [0.3, 0.4) is 0 Å². The summed E-state index contributed by atoms with van der Waals surface area (Å²) in [7, 11) is 0. The second-order valence-corrected chi connectivity index (χ2v) is 8.53. The molecule has 0 spiro atoms. The van der Waals surface area contributed by atoms with Crippen LogP contribution in [0.15, 0.2) is 46.8 Å². The van der Waals surface area contributed by atoms with E-state index in [-0.39, 0.29) is 23.4 Å². The van der Waals surface area contributed by atoms with Gasteiger partial charge >= 0.3 is 0 Å². The lowest BCUT2D eigenvalue weighted by atomic mass is 10.0. The molecule has 152 valence electrons. The molecule has 4 rings (SSSR count). The Hall–Kier alpha value is -2.74. The van der Waals surface area contributed by atoms with Crippen LogP contribution in [0.5, 0.6) is 0 Å². The monoisotopic (exact) mass is 411 g/mol. The number of thiophene rings is 1. The molecule has 3 aromatic heterocycles. The van der Waals surface area contributed by atoms with Crippen molar-refractivity contribution >= 4 is 17.2 Å². The molecule has 0 N–H and O–H groups in total. The Bertz CT molecular complexity index is 1040. The molecule has 1 amide bonds. The summed E-state index contributed by atoms with van der Waals surface area (Å²) in [6, 6.07) is 7.22. The Balaban J connectivity index is 1.50. The number of aryl methyl sites for hydroxylation is 1. The highest BCUT2D eigenvalue weighted by molar-refractivity contribution is 7.13. The van der Waals surface area contributed by atoms with E-state index in [1.54, 1.807) is 34.3 Å². The molecule has 3 aromatic rings. The highest BCUT2D eigenvalue weighted by atomic mass is 32.1. The van der Waals surface area contributed by atoms with Crippen molar-refractivity contribution in [2.24, 2.45) is 5.92 Å². The number of nitrogens with zero attached hydrogens (tertiary/aromatic N) is 5. The molecule has 0 unspecified atom stereocenters. The van der Waals surface area contributed by atoms with Crippen molar-refractivity contribution in [1.29, 1.82) is 0 Å². The minimum Gasteiger partial charge on any atom is -0.340 e. The highest BCUT2D eigenvalue weighted by Crippen LogP contribution is 2.25. The Morgan fingerprint density at radius 3 is 2.93 bits per heavy atom. The van der Waals surface area contributed by atoms with Gasteiger partial charge in [-0.05, 0) is 37.3 Å². The summed E-state index contributed by atoms with van der Waals surface area (Å²) in [5, 5.41) is 6.61. The summed E-state index contributed by atoms with van der Waals surface area (Å²) in [4.78, 5) is 32.7. The van der Waals surface area contributed by atoms with Crippen LogP contribution in [-0.4, -0.2) is 43.2 Å². The fourth-order valence-electron chi connectivity index (χ4n) is 3.88. The van der Waals surface area contributed by atoms with Crippen molar-refractivity contribution in [3.63, 3.8) is 0 Å². The molecule has 1 aliphatic rings. The maximum Gasteiger partial charge on any atom is 0.267 e. The topological polar surface area (TPSA) is 73.0 Å². The van der Waals surface area contributed by atoms with Crippen LogP contribution in [0.1, 0.15) is 31.6 Å². The van der Waals surface area contributed by atoms with E-state index in [1.165, 1.54) is 0 Å². The molecule has 0 bridgehead atoms. The fourth-order valence-corrected chi connectivity index (χ4v) is 4.57. The summed E-state index contributed by atoms with van der Waals surface area (Å²) in [6.45, 7) is 5.74. The standard InChI is InChI=1S/C21H25N5O2S/c1-15(13-24-11-9-22-16(24)2)21(28)25-10-3-5-17(14-25)26-20(27)8-7-18(23-26)19-6-4-12-29-19/h4,6-9,11-12,15,17H,3,5,10,13-14H2,1-2H3/t15-,17+/m1/s1. The van der Waals surface area contributed by atoms with Crippen molar-refractivity contribution < 1.29 is 4.79 Å². The van der Waals surface area contributed by atoms with Gasteiger partial charge in [0.2, 0.25) is 5.91 Å². The van der Waals surface area contributed by atoms with Gasteiger partial charge in [0.1, 0.15) is 11.5 Å². The van der Waals surface area contributed by atoms with Gasteiger partial charge in [0.15, 0.2) is 0 Å². The molecular weight excluding hydrogens is 386 g/mol. The van der Waals surface area contributed by atoms with E-state index in [0.29, 0.717) is 13.1 Å². The minimum atomic E-state index is -0.149. The van der Waals surface area contributed by atoms with Crippen LogP contribution >= 0.6 is 11.3 Å². The molecule has 29 heavy (non-hydrogen) atoms. The highest BCUT2D eigenvalue weighted by Gasteiger charge is 2.29. The number of hydrogen-bond acceptors (Lipinski definition) is 5. The van der Waals surface area contributed by atoms with Crippen LogP contribution in [0.2, 0.25) is 0 Å². The Labute approximate surface area is 173 Å². The Morgan fingerprint density at radius 1 is 1.34 bits per heavy atom. The van der Waals surface area contributed by atoms with Crippen LogP contribution in [0.4, 0.5) is 0 Å². The Kier molecular flexibility index (Phi) is 5.62. The summed E-state index contributed by atoms with van der Waals surface area (Å²) in [5.41, 5.74) is 0.679. The first-order valence-corrected chi connectivity index (χ1v) is 10.8. The number of imidazole rings is 1. The largest absolute Gasteiger partial charge is 0.340 e. The van der Waals surface area contributed by atoms with Crippen molar-refractivity contribution in [3.8, 4) is 10.6 Å². The maximum absolute atomic E-state index is 13.0. The number of amides is 1. The molecule has 1 aliphatic heterocycles. The molecule has 1 fully saturated rings. The zero-order valence-electron chi connectivity index (χ0n) is 16.7. The summed E-state index contributed by atoms with van der Waals surface area (Å²) < 4.78 is 3.57. The van der Waals surface area contributed by atoms with Gasteiger partial charge in [-0.1, -0.05) is 13.0 Å². The maximum atomic E-state index is 13.0.